The predicted molar refractivity (Wildman–Crippen MR) is 66.1 cm³/mol. The summed E-state index contributed by atoms with van der Waals surface area (Å²) in [6, 6.07) is 0.906. The van der Waals surface area contributed by atoms with Gasteiger partial charge in [-0.3, -0.25) is 4.79 Å². The zero-order valence-electron chi connectivity index (χ0n) is 10.4. The summed E-state index contributed by atoms with van der Waals surface area (Å²) in [5, 5.41) is 0. The lowest BCUT2D eigenvalue weighted by molar-refractivity contribution is -0.140. The van der Waals surface area contributed by atoms with E-state index in [1.165, 1.54) is 0 Å². The number of carbonyl (C=O) groups is 1. The Morgan fingerprint density at radius 3 is 2.45 bits per heavy atom. The van der Waals surface area contributed by atoms with Crippen LogP contribution in [0.1, 0.15) is 23.8 Å². The van der Waals surface area contributed by atoms with Gasteiger partial charge in [-0.2, -0.15) is 13.2 Å². The highest BCUT2D eigenvalue weighted by molar-refractivity contribution is 8.13. The second-order valence-corrected chi connectivity index (χ2v) is 6.59. The molecule has 20 heavy (non-hydrogen) atoms. The smallest absolute Gasteiger partial charge is 0.356 e. The number of H-pyrrole nitrogens is 1. The molecule has 1 rings (SSSR count). The van der Waals surface area contributed by atoms with Crippen molar-refractivity contribution < 1.29 is 26.4 Å². The van der Waals surface area contributed by atoms with E-state index >= 15 is 0 Å². The van der Waals surface area contributed by atoms with E-state index < -0.39 is 27.7 Å². The summed E-state index contributed by atoms with van der Waals surface area (Å²) in [5.41, 5.74) is -0.262. The minimum Gasteiger partial charge on any atom is -0.356 e. The topological polar surface area (TPSA) is 70.2 Å². The molecule has 0 bridgehead atoms. The van der Waals surface area contributed by atoms with Crippen molar-refractivity contribution in [3.05, 3.63) is 18.0 Å². The fourth-order valence-electron chi connectivity index (χ4n) is 1.55. The first kappa shape index (κ1) is 16.8. The first-order chi connectivity index (χ1) is 9.04. The first-order valence-corrected chi connectivity index (χ1v) is 7.84. The normalized spacial score (nSPS) is 12.4. The van der Waals surface area contributed by atoms with Gasteiger partial charge in [0.05, 0.1) is 0 Å². The van der Waals surface area contributed by atoms with Crippen LogP contribution in [0.25, 0.3) is 0 Å². The Balaban J connectivity index is 2.98. The highest BCUT2D eigenvalue weighted by Crippen LogP contribution is 2.20. The molecule has 0 saturated heterocycles. The maximum Gasteiger partial charge on any atom is 0.406 e. The van der Waals surface area contributed by atoms with Crippen LogP contribution in [0, 0.1) is 0 Å². The number of hydrogen-bond donors (Lipinski definition) is 1. The molecule has 10 heteroatoms. The van der Waals surface area contributed by atoms with Gasteiger partial charge >= 0.3 is 6.18 Å². The number of nitrogens with zero attached hydrogens (tertiary/aromatic N) is 1. The molecule has 0 atom stereocenters. The van der Waals surface area contributed by atoms with E-state index in [0.29, 0.717) is 11.3 Å². The van der Waals surface area contributed by atoms with Gasteiger partial charge in [0.2, 0.25) is 0 Å². The van der Waals surface area contributed by atoms with Gasteiger partial charge in [0.15, 0.2) is 0 Å². The van der Waals surface area contributed by atoms with Crippen molar-refractivity contribution in [2.45, 2.75) is 24.4 Å². The lowest BCUT2D eigenvalue weighted by Gasteiger charge is -2.22. The predicted octanol–water partition coefficient (Wildman–Crippen LogP) is 2.36. The van der Waals surface area contributed by atoms with Gasteiger partial charge in [-0.1, -0.05) is 6.92 Å². The Bertz CT molecular complexity index is 583. The fourth-order valence-corrected chi connectivity index (χ4v) is 2.27. The summed E-state index contributed by atoms with van der Waals surface area (Å²) in [4.78, 5) is 14.4. The number of rotatable bonds is 5. The molecule has 114 valence electrons. The van der Waals surface area contributed by atoms with Crippen LogP contribution in [0.2, 0.25) is 0 Å². The number of alkyl halides is 3. The van der Waals surface area contributed by atoms with Crippen molar-refractivity contribution in [1.29, 1.82) is 0 Å². The third kappa shape index (κ3) is 4.71. The number of halogens is 4. The van der Waals surface area contributed by atoms with Gasteiger partial charge < -0.3 is 9.88 Å². The summed E-state index contributed by atoms with van der Waals surface area (Å²) in [6.07, 6.45) is -3.24. The van der Waals surface area contributed by atoms with Crippen LogP contribution in [0.5, 0.6) is 0 Å². The molecule has 0 spiro atoms. The average molecular weight is 333 g/mol. The third-order valence-corrected chi connectivity index (χ3v) is 3.65. The largest absolute Gasteiger partial charge is 0.406 e. The van der Waals surface area contributed by atoms with Crippen LogP contribution in [0.3, 0.4) is 0 Å². The maximum absolute atomic E-state index is 12.4. The zero-order valence-corrected chi connectivity index (χ0v) is 11.9. The Morgan fingerprint density at radius 2 is 2.05 bits per heavy atom. The molecular weight excluding hydrogens is 321 g/mol. The Kier molecular flexibility index (Phi) is 5.09. The monoisotopic (exact) mass is 332 g/mol. The molecule has 0 radical (unpaired) electrons. The molecule has 1 N–H and O–H groups in total. The molecule has 0 fully saturated rings. The van der Waals surface area contributed by atoms with E-state index in [-0.39, 0.29) is 17.1 Å². The highest BCUT2D eigenvalue weighted by Gasteiger charge is 2.33. The van der Waals surface area contributed by atoms with Gasteiger partial charge in [0.25, 0.3) is 15.0 Å². The van der Waals surface area contributed by atoms with E-state index in [4.69, 9.17) is 10.7 Å². The number of aromatic nitrogens is 1. The van der Waals surface area contributed by atoms with E-state index in [1.54, 1.807) is 6.92 Å². The third-order valence-electron chi connectivity index (χ3n) is 2.32. The zero-order chi connectivity index (χ0) is 15.6. The summed E-state index contributed by atoms with van der Waals surface area (Å²) >= 11 is 0. The van der Waals surface area contributed by atoms with Gasteiger partial charge in [-0.25, -0.2) is 8.42 Å². The molecule has 0 aliphatic rings. The minimum atomic E-state index is -4.53. The van der Waals surface area contributed by atoms with E-state index in [9.17, 15) is 26.4 Å². The van der Waals surface area contributed by atoms with Crippen molar-refractivity contribution in [3.8, 4) is 0 Å². The fraction of sp³-hybridized carbons (Fsp3) is 0.500. The molecule has 1 amide bonds. The van der Waals surface area contributed by atoms with Crippen LogP contribution in [-0.2, 0) is 9.05 Å². The summed E-state index contributed by atoms with van der Waals surface area (Å²) in [6.45, 7) is 0.127. The van der Waals surface area contributed by atoms with Crippen LogP contribution in [0.4, 0.5) is 13.2 Å². The summed E-state index contributed by atoms with van der Waals surface area (Å²) < 4.78 is 59.2. The number of amides is 1. The summed E-state index contributed by atoms with van der Waals surface area (Å²) in [7, 11) is 1.03. The van der Waals surface area contributed by atoms with Gasteiger partial charge in [0.1, 0.15) is 17.1 Å². The molecule has 0 unspecified atom stereocenters. The van der Waals surface area contributed by atoms with Crippen molar-refractivity contribution in [2.75, 3.05) is 13.1 Å². The van der Waals surface area contributed by atoms with E-state index in [2.05, 4.69) is 4.98 Å². The molecule has 1 aromatic rings. The number of carbonyl (C=O) groups excluding carboxylic acids is 1. The standard InChI is InChI=1S/C10H12ClF3N2O3S/c1-2-3-16(6-10(12,13)14)9(17)8-4-7(5-15-8)20(11,18)19/h4-5,15H,2-3,6H2,1H3. The first-order valence-electron chi connectivity index (χ1n) is 5.53. The molecule has 1 aromatic heterocycles. The van der Waals surface area contributed by atoms with E-state index in [0.717, 1.165) is 12.3 Å². The summed E-state index contributed by atoms with van der Waals surface area (Å²) in [5.74, 6) is -0.934. The molecule has 0 aliphatic heterocycles. The molecule has 0 saturated carbocycles. The molecular formula is C10H12ClF3N2O3S. The van der Waals surface area contributed by atoms with Crippen LogP contribution < -0.4 is 0 Å². The van der Waals surface area contributed by atoms with Crippen molar-refractivity contribution in [1.82, 2.24) is 9.88 Å². The molecule has 0 aliphatic carbocycles. The van der Waals surface area contributed by atoms with Crippen LogP contribution >= 0.6 is 10.7 Å². The average Bonchev–Trinajstić information content (AvgIpc) is 2.74. The van der Waals surface area contributed by atoms with Crippen molar-refractivity contribution in [3.63, 3.8) is 0 Å². The Hall–Kier alpha value is -1.22. The van der Waals surface area contributed by atoms with Crippen LogP contribution in [-0.4, -0.2) is 43.5 Å². The minimum absolute atomic E-state index is 0.0969. The molecule has 5 nitrogen and oxygen atoms in total. The maximum atomic E-state index is 12.4. The van der Waals surface area contributed by atoms with Gasteiger partial charge in [0, 0.05) is 23.4 Å². The van der Waals surface area contributed by atoms with Gasteiger partial charge in [-0.15, -0.1) is 0 Å². The Labute approximate surface area is 118 Å². The molecule has 1 heterocycles. The van der Waals surface area contributed by atoms with Gasteiger partial charge in [-0.05, 0) is 12.5 Å². The van der Waals surface area contributed by atoms with Crippen molar-refractivity contribution in [2.24, 2.45) is 0 Å². The Morgan fingerprint density at radius 1 is 1.45 bits per heavy atom. The second kappa shape index (κ2) is 6.04. The SMILES string of the molecule is CCCN(CC(F)(F)F)C(=O)c1cc(S(=O)(=O)Cl)c[nH]1. The number of nitrogens with one attached hydrogen (secondary N) is 1. The lowest BCUT2D eigenvalue weighted by Crippen LogP contribution is -2.39. The molecule has 0 aromatic carbocycles. The van der Waals surface area contributed by atoms with E-state index in [1.807, 2.05) is 0 Å². The van der Waals surface area contributed by atoms with Crippen molar-refractivity contribution >= 4 is 25.6 Å². The second-order valence-electron chi connectivity index (χ2n) is 4.03. The number of aromatic amines is 1. The number of hydrogen-bond acceptors (Lipinski definition) is 3. The quantitative estimate of drug-likeness (QED) is 0.841. The highest BCUT2D eigenvalue weighted by atomic mass is 35.7. The lowest BCUT2D eigenvalue weighted by atomic mass is 10.3. The van der Waals surface area contributed by atoms with Crippen LogP contribution in [0.15, 0.2) is 17.2 Å².